The highest BCUT2D eigenvalue weighted by Gasteiger charge is 2.38. The van der Waals surface area contributed by atoms with E-state index in [4.69, 9.17) is 14.2 Å². The van der Waals surface area contributed by atoms with Crippen LogP contribution in [0.5, 0.6) is 5.75 Å². The lowest BCUT2D eigenvalue weighted by Crippen LogP contribution is -2.41. The molecule has 1 fully saturated rings. The minimum absolute atomic E-state index is 0.136. The molecule has 3 rings (SSSR count). The number of hydrogen-bond donors (Lipinski definition) is 0. The monoisotopic (exact) mass is 384 g/mol. The van der Waals surface area contributed by atoms with Gasteiger partial charge in [0.25, 0.3) is 5.79 Å². The van der Waals surface area contributed by atoms with Crippen molar-refractivity contribution in [2.75, 3.05) is 7.11 Å². The Balaban J connectivity index is 1.80. The molecule has 5 nitrogen and oxygen atoms in total. The van der Waals surface area contributed by atoms with Gasteiger partial charge in [-0.1, -0.05) is 30.3 Å². The Morgan fingerprint density at radius 2 is 1.70 bits per heavy atom. The molecular weight excluding hydrogens is 364 g/mol. The first kappa shape index (κ1) is 19.0. The molecular formula is C21H20O5S. The topological polar surface area (TPSA) is 61.8 Å². The van der Waals surface area contributed by atoms with Crippen molar-refractivity contribution in [3.63, 3.8) is 0 Å². The third-order valence-electron chi connectivity index (χ3n) is 3.88. The van der Waals surface area contributed by atoms with Crippen molar-refractivity contribution in [3.05, 3.63) is 65.2 Å². The lowest BCUT2D eigenvalue weighted by molar-refractivity contribution is -0.222. The van der Waals surface area contributed by atoms with Gasteiger partial charge in [0, 0.05) is 30.1 Å². The zero-order valence-corrected chi connectivity index (χ0v) is 16.2. The number of esters is 2. The summed E-state index contributed by atoms with van der Waals surface area (Å²) in [7, 11) is 1.59. The van der Waals surface area contributed by atoms with Crippen LogP contribution in [0.25, 0.3) is 6.08 Å². The smallest absolute Gasteiger partial charge is 0.348 e. The summed E-state index contributed by atoms with van der Waals surface area (Å²) in [4.78, 5) is 25.3. The van der Waals surface area contributed by atoms with Gasteiger partial charge in [-0.05, 0) is 29.8 Å². The summed E-state index contributed by atoms with van der Waals surface area (Å²) in [6.45, 7) is 3.03. The summed E-state index contributed by atoms with van der Waals surface area (Å²) in [6, 6.07) is 15.6. The first-order valence-electron chi connectivity index (χ1n) is 8.41. The van der Waals surface area contributed by atoms with Crippen LogP contribution < -0.4 is 4.74 Å². The zero-order valence-electron chi connectivity index (χ0n) is 15.4. The first-order valence-corrected chi connectivity index (χ1v) is 9.40. The molecule has 0 aliphatic carbocycles. The molecule has 1 aliphatic rings. The van der Waals surface area contributed by atoms with E-state index in [9.17, 15) is 9.59 Å². The van der Waals surface area contributed by atoms with E-state index in [0.29, 0.717) is 11.3 Å². The second kappa shape index (κ2) is 7.88. The molecule has 0 unspecified atom stereocenters. The van der Waals surface area contributed by atoms with Gasteiger partial charge in [0.2, 0.25) is 0 Å². The lowest BCUT2D eigenvalue weighted by atomic mass is 10.1. The standard InChI is InChI=1S/C21H20O5S/c1-21(2)25-19(22)17(20(23)26-21)11-14-9-10-15(18(12-14)24-3)13-27-16-7-5-4-6-8-16/h4-12H,13H2,1-3H3. The Hall–Kier alpha value is -2.73. The van der Waals surface area contributed by atoms with Crippen LogP contribution in [0.1, 0.15) is 25.0 Å². The first-order chi connectivity index (χ1) is 12.9. The Morgan fingerprint density at radius 3 is 2.33 bits per heavy atom. The van der Waals surface area contributed by atoms with Gasteiger partial charge in [0.1, 0.15) is 11.3 Å². The van der Waals surface area contributed by atoms with Crippen LogP contribution in [0.3, 0.4) is 0 Å². The maximum absolute atomic E-state index is 12.1. The lowest BCUT2D eigenvalue weighted by Gasteiger charge is -2.29. The predicted molar refractivity (Wildman–Crippen MR) is 103 cm³/mol. The number of carbonyl (C=O) groups is 2. The molecule has 2 aromatic rings. The van der Waals surface area contributed by atoms with E-state index in [-0.39, 0.29) is 5.57 Å². The van der Waals surface area contributed by atoms with E-state index in [2.05, 4.69) is 12.1 Å². The molecule has 1 heterocycles. The molecule has 1 saturated heterocycles. The van der Waals surface area contributed by atoms with Crippen molar-refractivity contribution in [2.45, 2.75) is 30.3 Å². The third kappa shape index (κ3) is 4.71. The van der Waals surface area contributed by atoms with Gasteiger partial charge >= 0.3 is 11.9 Å². The van der Waals surface area contributed by atoms with Gasteiger partial charge in [-0.25, -0.2) is 9.59 Å². The molecule has 0 saturated carbocycles. The van der Waals surface area contributed by atoms with Crippen LogP contribution in [0.4, 0.5) is 0 Å². The van der Waals surface area contributed by atoms with Crippen LogP contribution >= 0.6 is 11.8 Å². The number of ether oxygens (including phenoxy) is 3. The second-order valence-electron chi connectivity index (χ2n) is 6.41. The van der Waals surface area contributed by atoms with Crippen LogP contribution in [-0.4, -0.2) is 24.8 Å². The fourth-order valence-corrected chi connectivity index (χ4v) is 3.50. The van der Waals surface area contributed by atoms with Crippen molar-refractivity contribution in [1.82, 2.24) is 0 Å². The largest absolute Gasteiger partial charge is 0.496 e. The summed E-state index contributed by atoms with van der Waals surface area (Å²) in [6.07, 6.45) is 1.45. The van der Waals surface area contributed by atoms with Crippen molar-refractivity contribution in [3.8, 4) is 5.75 Å². The molecule has 1 aliphatic heterocycles. The van der Waals surface area contributed by atoms with Crippen LogP contribution in [0.15, 0.2) is 59.0 Å². The highest BCUT2D eigenvalue weighted by molar-refractivity contribution is 7.98. The molecule has 0 radical (unpaired) electrons. The minimum Gasteiger partial charge on any atom is -0.496 e. The number of cyclic esters (lactones) is 2. The number of rotatable bonds is 5. The molecule has 27 heavy (non-hydrogen) atoms. The van der Waals surface area contributed by atoms with E-state index < -0.39 is 17.7 Å². The van der Waals surface area contributed by atoms with Gasteiger partial charge in [0.15, 0.2) is 0 Å². The quantitative estimate of drug-likeness (QED) is 0.333. The van der Waals surface area contributed by atoms with Crippen LogP contribution in [0.2, 0.25) is 0 Å². The van der Waals surface area contributed by atoms with E-state index in [1.54, 1.807) is 24.9 Å². The summed E-state index contributed by atoms with van der Waals surface area (Å²) in [5, 5.41) is 0. The molecule has 0 atom stereocenters. The maximum atomic E-state index is 12.1. The van der Waals surface area contributed by atoms with Gasteiger partial charge in [-0.2, -0.15) is 0 Å². The SMILES string of the molecule is COc1cc(C=C2C(=O)OC(C)(C)OC2=O)ccc1CSc1ccccc1. The molecule has 0 N–H and O–H groups in total. The van der Waals surface area contributed by atoms with Gasteiger partial charge < -0.3 is 14.2 Å². The van der Waals surface area contributed by atoms with E-state index in [1.165, 1.54) is 24.8 Å². The molecule has 0 aromatic heterocycles. The predicted octanol–water partition coefficient (Wildman–Crippen LogP) is 4.21. The van der Waals surface area contributed by atoms with Crippen molar-refractivity contribution in [1.29, 1.82) is 0 Å². The summed E-state index contributed by atoms with van der Waals surface area (Å²) in [5.74, 6) is -1.21. The highest BCUT2D eigenvalue weighted by atomic mass is 32.2. The molecule has 2 aromatic carbocycles. The Kier molecular flexibility index (Phi) is 5.56. The molecule has 6 heteroatoms. The number of thioether (sulfide) groups is 1. The summed E-state index contributed by atoms with van der Waals surface area (Å²) >= 11 is 1.70. The molecule has 140 valence electrons. The Morgan fingerprint density at radius 1 is 1.04 bits per heavy atom. The molecule has 0 amide bonds. The maximum Gasteiger partial charge on any atom is 0.348 e. The third-order valence-corrected chi connectivity index (χ3v) is 4.94. The minimum atomic E-state index is -1.25. The molecule has 0 spiro atoms. The van der Waals surface area contributed by atoms with E-state index in [0.717, 1.165) is 11.3 Å². The Bertz CT molecular complexity index is 865. The number of benzene rings is 2. The second-order valence-corrected chi connectivity index (χ2v) is 7.46. The van der Waals surface area contributed by atoms with Crippen molar-refractivity contribution >= 4 is 29.8 Å². The van der Waals surface area contributed by atoms with Gasteiger partial charge in [-0.15, -0.1) is 11.8 Å². The van der Waals surface area contributed by atoms with Crippen LogP contribution in [0, 0.1) is 0 Å². The average molecular weight is 384 g/mol. The fourth-order valence-electron chi connectivity index (χ4n) is 2.59. The Labute approximate surface area is 162 Å². The van der Waals surface area contributed by atoms with E-state index in [1.807, 2.05) is 30.3 Å². The van der Waals surface area contributed by atoms with Crippen LogP contribution in [-0.2, 0) is 24.8 Å². The average Bonchev–Trinajstić information content (AvgIpc) is 2.63. The van der Waals surface area contributed by atoms with Crippen molar-refractivity contribution in [2.24, 2.45) is 0 Å². The number of hydrogen-bond acceptors (Lipinski definition) is 6. The fraction of sp³-hybridized carbons (Fsp3) is 0.238. The van der Waals surface area contributed by atoms with Crippen molar-refractivity contribution < 1.29 is 23.8 Å². The number of carbonyl (C=O) groups excluding carboxylic acids is 2. The van der Waals surface area contributed by atoms with E-state index >= 15 is 0 Å². The highest BCUT2D eigenvalue weighted by Crippen LogP contribution is 2.30. The van der Waals surface area contributed by atoms with Gasteiger partial charge in [0.05, 0.1) is 7.11 Å². The summed E-state index contributed by atoms with van der Waals surface area (Å²) < 4.78 is 15.7. The molecule has 0 bridgehead atoms. The normalized spacial score (nSPS) is 15.7. The van der Waals surface area contributed by atoms with Gasteiger partial charge in [-0.3, -0.25) is 0 Å². The number of methoxy groups -OCH3 is 1. The zero-order chi connectivity index (χ0) is 19.4. The summed E-state index contributed by atoms with van der Waals surface area (Å²) in [5.41, 5.74) is 1.54.